The van der Waals surface area contributed by atoms with Gasteiger partial charge in [-0.25, -0.2) is 0 Å². The van der Waals surface area contributed by atoms with Gasteiger partial charge >= 0.3 is 6.61 Å². The summed E-state index contributed by atoms with van der Waals surface area (Å²) < 4.78 is 27.4. The molecule has 0 atom stereocenters. The first-order valence-electron chi connectivity index (χ1n) is 8.99. The van der Waals surface area contributed by atoms with Crippen LogP contribution in [0, 0.1) is 0 Å². The number of benzene rings is 2. The van der Waals surface area contributed by atoms with Gasteiger partial charge < -0.3 is 16.2 Å². The third-order valence-electron chi connectivity index (χ3n) is 4.70. The van der Waals surface area contributed by atoms with Crippen molar-refractivity contribution in [3.8, 4) is 5.75 Å². The van der Waals surface area contributed by atoms with Gasteiger partial charge in [-0.2, -0.15) is 8.78 Å². The minimum absolute atomic E-state index is 0.141. The van der Waals surface area contributed by atoms with Crippen LogP contribution in [0.2, 0.25) is 0 Å². The molecule has 6 N–H and O–H groups in total. The molecule has 0 radical (unpaired) electrons. The molecular formula is C20H25F2N3O2S. The van der Waals surface area contributed by atoms with E-state index in [1.807, 2.05) is 0 Å². The van der Waals surface area contributed by atoms with E-state index >= 15 is 0 Å². The topological polar surface area (TPSA) is 104 Å². The molecule has 0 saturated heterocycles. The zero-order chi connectivity index (χ0) is 20.5. The largest absolute Gasteiger partial charge is 0.435 e. The Balaban J connectivity index is 0.000000177. The van der Waals surface area contributed by atoms with E-state index in [4.69, 9.17) is 15.7 Å². The Kier molecular flexibility index (Phi) is 8.53. The van der Waals surface area contributed by atoms with Crippen LogP contribution in [0.25, 0.3) is 0 Å². The van der Waals surface area contributed by atoms with E-state index in [0.717, 1.165) is 22.5 Å². The number of carbonyl (C=O) groups excluding carboxylic acids is 1. The van der Waals surface area contributed by atoms with E-state index in [2.05, 4.69) is 16.5 Å². The molecule has 0 spiro atoms. The Morgan fingerprint density at radius 1 is 1.00 bits per heavy atom. The zero-order valence-electron chi connectivity index (χ0n) is 15.5. The fourth-order valence-corrected chi connectivity index (χ4v) is 3.85. The molecule has 0 heterocycles. The second-order valence-corrected chi connectivity index (χ2v) is 7.08. The van der Waals surface area contributed by atoms with Crippen LogP contribution in [0.5, 0.6) is 5.75 Å². The summed E-state index contributed by atoms with van der Waals surface area (Å²) in [6.45, 7) is -2.78. The van der Waals surface area contributed by atoms with Gasteiger partial charge in [0.25, 0.3) is 0 Å². The molecule has 2 aliphatic rings. The number of ether oxygens (including phenoxy) is 1. The van der Waals surface area contributed by atoms with Gasteiger partial charge in [-0.1, -0.05) is 6.07 Å². The number of primary amides is 1. The van der Waals surface area contributed by atoms with Gasteiger partial charge in [0.2, 0.25) is 6.41 Å². The lowest BCUT2D eigenvalue weighted by molar-refractivity contribution is -0.106. The average Bonchev–Trinajstić information content (AvgIpc) is 3.33. The average molecular weight is 410 g/mol. The third-order valence-corrected chi connectivity index (χ3v) is 5.25. The van der Waals surface area contributed by atoms with Gasteiger partial charge in [0, 0.05) is 10.6 Å². The van der Waals surface area contributed by atoms with Gasteiger partial charge in [0.15, 0.2) is 0 Å². The summed E-state index contributed by atoms with van der Waals surface area (Å²) in [5.41, 5.74) is 17.5. The summed E-state index contributed by atoms with van der Waals surface area (Å²) in [6.07, 6.45) is 7.81. The third kappa shape index (κ3) is 5.84. The Bertz CT molecular complexity index is 754. The molecule has 5 nitrogen and oxygen atoms in total. The van der Waals surface area contributed by atoms with E-state index in [-0.39, 0.29) is 12.2 Å². The number of carbonyl (C=O) groups is 1. The maximum absolute atomic E-state index is 11.7. The number of hydrogen-bond donors (Lipinski definition) is 3. The fraction of sp³-hybridized carbons (Fsp3) is 0.350. The van der Waals surface area contributed by atoms with Gasteiger partial charge in [-0.05, 0) is 97.0 Å². The standard InChI is InChI=1S/C12H15N.C7H7F2NOS.CH3NO/c13-12-10-5-1-3-8(10)7-9-4-2-6-11(9)12;8-7(9)11-5-1-3-6(12-10)4-2-5;2-1-3/h7H,1-6,13H2;1-4,7H,10H2;1H,(H2,2,3). The van der Waals surface area contributed by atoms with Crippen molar-refractivity contribution in [3.63, 3.8) is 0 Å². The van der Waals surface area contributed by atoms with Gasteiger partial charge in [0.05, 0.1) is 0 Å². The van der Waals surface area contributed by atoms with Crippen molar-refractivity contribution in [2.24, 2.45) is 10.9 Å². The second kappa shape index (κ2) is 10.9. The van der Waals surface area contributed by atoms with Crippen molar-refractivity contribution in [3.05, 3.63) is 52.6 Å². The molecule has 28 heavy (non-hydrogen) atoms. The molecule has 0 saturated carbocycles. The highest BCUT2D eigenvalue weighted by atomic mass is 32.2. The summed E-state index contributed by atoms with van der Waals surface area (Å²) in [6, 6.07) is 8.54. The SMILES string of the molecule is NC=O.NSc1ccc(OC(F)F)cc1.Nc1c2c(cc3c1CCC3)CCC2. The number of alkyl halides is 2. The van der Waals surface area contributed by atoms with E-state index in [0.29, 0.717) is 0 Å². The van der Waals surface area contributed by atoms with Crippen molar-refractivity contribution in [1.82, 2.24) is 0 Å². The molecule has 0 unspecified atom stereocenters. The van der Waals surface area contributed by atoms with Crippen molar-refractivity contribution in [1.29, 1.82) is 0 Å². The molecule has 2 aromatic carbocycles. The van der Waals surface area contributed by atoms with E-state index in [1.165, 1.54) is 72.9 Å². The summed E-state index contributed by atoms with van der Waals surface area (Å²) in [4.78, 5) is 9.39. The number of rotatable bonds is 3. The maximum atomic E-state index is 11.7. The van der Waals surface area contributed by atoms with Gasteiger partial charge in [-0.15, -0.1) is 0 Å². The molecule has 0 fully saturated rings. The normalized spacial score (nSPS) is 13.6. The molecule has 2 aromatic rings. The molecule has 8 heteroatoms. The molecule has 0 aliphatic heterocycles. The second-order valence-electron chi connectivity index (χ2n) is 6.38. The van der Waals surface area contributed by atoms with Crippen molar-refractivity contribution in [2.75, 3.05) is 5.73 Å². The summed E-state index contributed by atoms with van der Waals surface area (Å²) in [5.74, 6) is 0.141. The quantitative estimate of drug-likeness (QED) is 0.408. The first-order valence-corrected chi connectivity index (χ1v) is 9.87. The smallest absolute Gasteiger partial charge is 0.387 e. The Hall–Kier alpha value is -2.32. The number of nitrogen functional groups attached to an aromatic ring is 1. The lowest BCUT2D eigenvalue weighted by Crippen LogP contribution is -2.01. The number of anilines is 1. The molecule has 4 rings (SSSR count). The molecule has 2 aliphatic carbocycles. The first kappa shape index (κ1) is 22.0. The van der Waals surface area contributed by atoms with Crippen LogP contribution in [0.4, 0.5) is 14.5 Å². The molecule has 152 valence electrons. The molecule has 0 bridgehead atoms. The predicted octanol–water partition coefficient (Wildman–Crippen LogP) is 3.60. The number of amides is 1. The Morgan fingerprint density at radius 2 is 1.50 bits per heavy atom. The first-order chi connectivity index (χ1) is 13.5. The zero-order valence-corrected chi connectivity index (χ0v) is 16.3. The number of hydrogen-bond acceptors (Lipinski definition) is 5. The Labute approximate surface area is 167 Å². The number of nitrogens with two attached hydrogens (primary N) is 3. The molecular weight excluding hydrogens is 384 g/mol. The van der Waals surface area contributed by atoms with Gasteiger partial charge in [-0.3, -0.25) is 9.93 Å². The van der Waals surface area contributed by atoms with E-state index in [1.54, 1.807) is 12.1 Å². The highest BCUT2D eigenvalue weighted by Gasteiger charge is 2.21. The number of aryl methyl sites for hydroxylation is 2. The highest BCUT2D eigenvalue weighted by Crippen LogP contribution is 2.36. The summed E-state index contributed by atoms with van der Waals surface area (Å²) >= 11 is 1.05. The lowest BCUT2D eigenvalue weighted by atomic mass is 9.99. The summed E-state index contributed by atoms with van der Waals surface area (Å²) in [5, 5.41) is 5.23. The predicted molar refractivity (Wildman–Crippen MR) is 108 cm³/mol. The van der Waals surface area contributed by atoms with Crippen molar-refractivity contribution in [2.45, 2.75) is 50.0 Å². The lowest BCUT2D eigenvalue weighted by Gasteiger charge is -2.10. The summed E-state index contributed by atoms with van der Waals surface area (Å²) in [7, 11) is 0. The van der Waals surface area contributed by atoms with Crippen LogP contribution >= 0.6 is 11.9 Å². The van der Waals surface area contributed by atoms with Gasteiger partial charge in [0.1, 0.15) is 5.75 Å². The van der Waals surface area contributed by atoms with E-state index < -0.39 is 6.61 Å². The number of fused-ring (bicyclic) bond motifs is 2. The van der Waals surface area contributed by atoms with Crippen molar-refractivity contribution < 1.29 is 18.3 Å². The minimum Gasteiger partial charge on any atom is -0.435 e. The van der Waals surface area contributed by atoms with Crippen LogP contribution in [0.1, 0.15) is 35.1 Å². The number of halogens is 2. The molecule has 0 aromatic heterocycles. The van der Waals surface area contributed by atoms with Crippen LogP contribution < -0.4 is 21.3 Å². The fourth-order valence-electron chi connectivity index (χ4n) is 3.56. The molecule has 1 amide bonds. The monoisotopic (exact) mass is 409 g/mol. The minimum atomic E-state index is -2.78. The van der Waals surface area contributed by atoms with Crippen molar-refractivity contribution >= 4 is 24.0 Å². The maximum Gasteiger partial charge on any atom is 0.387 e. The van der Waals surface area contributed by atoms with Crippen LogP contribution in [-0.2, 0) is 30.5 Å². The van der Waals surface area contributed by atoms with Crippen LogP contribution in [0.3, 0.4) is 0 Å². The van der Waals surface area contributed by atoms with E-state index in [9.17, 15) is 8.78 Å². The highest BCUT2D eigenvalue weighted by molar-refractivity contribution is 7.97. The van der Waals surface area contributed by atoms with Crippen LogP contribution in [0.15, 0.2) is 35.2 Å². The Morgan fingerprint density at radius 3 is 1.93 bits per heavy atom. The van der Waals surface area contributed by atoms with Crippen LogP contribution in [-0.4, -0.2) is 13.0 Å².